The van der Waals surface area contributed by atoms with Crippen molar-refractivity contribution in [1.29, 1.82) is 0 Å². The van der Waals surface area contributed by atoms with Crippen LogP contribution in [0.2, 0.25) is 0 Å². The highest BCUT2D eigenvalue weighted by atomic mass is 19.4. The molecule has 0 aliphatic rings. The fourth-order valence-corrected chi connectivity index (χ4v) is 2.11. The van der Waals surface area contributed by atoms with Gasteiger partial charge < -0.3 is 10.8 Å². The maximum atomic E-state index is 12.8. The van der Waals surface area contributed by atoms with E-state index in [1.807, 2.05) is 11.8 Å². The van der Waals surface area contributed by atoms with Gasteiger partial charge in [0, 0.05) is 13.1 Å². The second-order valence-electron chi connectivity index (χ2n) is 5.30. The van der Waals surface area contributed by atoms with Crippen LogP contribution in [0.1, 0.15) is 31.9 Å². The maximum Gasteiger partial charge on any atom is 0.420 e. The molecular weight excluding hydrogens is 269 g/mol. The Hall–Kier alpha value is -1.43. The standard InChI is InChI=1S/C14H21F3N2O/c1-4-19(7-9(2)3)8-10-5-11(14(15,16)17)13(20)12(18)6-10/h5-6,9,20H,4,7-8,18H2,1-3H3. The molecule has 3 nitrogen and oxygen atoms in total. The lowest BCUT2D eigenvalue weighted by Gasteiger charge is -2.23. The Labute approximate surface area is 117 Å². The van der Waals surface area contributed by atoms with Gasteiger partial charge in [0.15, 0.2) is 5.75 Å². The van der Waals surface area contributed by atoms with Gasteiger partial charge >= 0.3 is 6.18 Å². The molecule has 0 heterocycles. The van der Waals surface area contributed by atoms with Gasteiger partial charge in [0.2, 0.25) is 0 Å². The molecule has 1 aromatic rings. The normalized spacial score (nSPS) is 12.4. The zero-order valence-electron chi connectivity index (χ0n) is 12.0. The van der Waals surface area contributed by atoms with E-state index >= 15 is 0 Å². The van der Waals surface area contributed by atoms with Crippen LogP contribution in [0.4, 0.5) is 18.9 Å². The first-order valence-electron chi connectivity index (χ1n) is 6.56. The first-order chi connectivity index (χ1) is 9.15. The second kappa shape index (κ2) is 6.35. The summed E-state index contributed by atoms with van der Waals surface area (Å²) >= 11 is 0. The zero-order chi connectivity index (χ0) is 15.5. The van der Waals surface area contributed by atoms with Crippen LogP contribution < -0.4 is 5.73 Å². The van der Waals surface area contributed by atoms with Crippen LogP contribution in [0, 0.1) is 5.92 Å². The molecule has 0 fully saturated rings. The summed E-state index contributed by atoms with van der Waals surface area (Å²) in [6.07, 6.45) is -4.61. The molecule has 1 aromatic carbocycles. The van der Waals surface area contributed by atoms with Crippen LogP contribution in [0.5, 0.6) is 5.75 Å². The van der Waals surface area contributed by atoms with Crippen LogP contribution in [0.15, 0.2) is 12.1 Å². The summed E-state index contributed by atoms with van der Waals surface area (Å²) in [6, 6.07) is 2.36. The first-order valence-corrected chi connectivity index (χ1v) is 6.56. The lowest BCUT2D eigenvalue weighted by molar-refractivity contribution is -0.138. The Morgan fingerprint density at radius 2 is 1.90 bits per heavy atom. The lowest BCUT2D eigenvalue weighted by atomic mass is 10.1. The van der Waals surface area contributed by atoms with E-state index in [4.69, 9.17) is 5.73 Å². The van der Waals surface area contributed by atoms with E-state index in [0.717, 1.165) is 19.2 Å². The second-order valence-corrected chi connectivity index (χ2v) is 5.30. The molecule has 0 aliphatic heterocycles. The van der Waals surface area contributed by atoms with Crippen LogP contribution in [0.3, 0.4) is 0 Å². The number of nitrogen functional groups attached to an aromatic ring is 1. The molecule has 20 heavy (non-hydrogen) atoms. The van der Waals surface area contributed by atoms with Gasteiger partial charge in [-0.2, -0.15) is 13.2 Å². The summed E-state index contributed by atoms with van der Waals surface area (Å²) in [4.78, 5) is 2.04. The number of anilines is 1. The largest absolute Gasteiger partial charge is 0.505 e. The van der Waals surface area contributed by atoms with Crippen LogP contribution in [-0.2, 0) is 12.7 Å². The van der Waals surface area contributed by atoms with Gasteiger partial charge in [-0.25, -0.2) is 0 Å². The van der Waals surface area contributed by atoms with Crippen molar-refractivity contribution in [3.8, 4) is 5.75 Å². The Bertz CT molecular complexity index is 458. The number of hydrogen-bond donors (Lipinski definition) is 2. The minimum Gasteiger partial charge on any atom is -0.505 e. The topological polar surface area (TPSA) is 49.5 Å². The number of hydrogen-bond acceptors (Lipinski definition) is 3. The summed E-state index contributed by atoms with van der Waals surface area (Å²) < 4.78 is 38.4. The minimum atomic E-state index is -4.61. The number of rotatable bonds is 5. The Morgan fingerprint density at radius 3 is 2.35 bits per heavy atom. The van der Waals surface area contributed by atoms with Crippen molar-refractivity contribution in [3.05, 3.63) is 23.3 Å². The van der Waals surface area contributed by atoms with Crippen molar-refractivity contribution in [2.45, 2.75) is 33.5 Å². The number of phenols is 1. The molecule has 0 spiro atoms. The van der Waals surface area contributed by atoms with Crippen molar-refractivity contribution in [2.75, 3.05) is 18.8 Å². The summed E-state index contributed by atoms with van der Waals surface area (Å²) in [5, 5.41) is 9.44. The number of benzene rings is 1. The molecule has 0 atom stereocenters. The van der Waals surface area contributed by atoms with Gasteiger partial charge in [-0.15, -0.1) is 0 Å². The van der Waals surface area contributed by atoms with Gasteiger partial charge in [0.25, 0.3) is 0 Å². The number of phenolic OH excluding ortho intramolecular Hbond substituents is 1. The van der Waals surface area contributed by atoms with Crippen molar-refractivity contribution < 1.29 is 18.3 Å². The smallest absolute Gasteiger partial charge is 0.420 e. The molecule has 0 saturated carbocycles. The highest BCUT2D eigenvalue weighted by molar-refractivity contribution is 5.58. The van der Waals surface area contributed by atoms with Gasteiger partial charge in [0.1, 0.15) is 0 Å². The van der Waals surface area contributed by atoms with E-state index in [2.05, 4.69) is 13.8 Å². The molecule has 3 N–H and O–H groups in total. The lowest BCUT2D eigenvalue weighted by Crippen LogP contribution is -2.27. The van der Waals surface area contributed by atoms with Crippen molar-refractivity contribution in [1.82, 2.24) is 4.90 Å². The Morgan fingerprint density at radius 1 is 1.30 bits per heavy atom. The van der Waals surface area contributed by atoms with Crippen LogP contribution in [-0.4, -0.2) is 23.1 Å². The fourth-order valence-electron chi connectivity index (χ4n) is 2.11. The summed E-state index contributed by atoms with van der Waals surface area (Å²) in [7, 11) is 0. The fraction of sp³-hybridized carbons (Fsp3) is 0.571. The van der Waals surface area contributed by atoms with Gasteiger partial charge in [-0.3, -0.25) is 4.90 Å². The highest BCUT2D eigenvalue weighted by Gasteiger charge is 2.35. The summed E-state index contributed by atoms with van der Waals surface area (Å²) in [5.74, 6) is -0.473. The molecular formula is C14H21F3N2O. The molecule has 0 bridgehead atoms. The molecule has 0 saturated heterocycles. The molecule has 6 heteroatoms. The number of nitrogens with zero attached hydrogens (tertiary/aromatic N) is 1. The average Bonchev–Trinajstić information content (AvgIpc) is 2.30. The number of halogens is 3. The van der Waals surface area contributed by atoms with Gasteiger partial charge in [-0.1, -0.05) is 20.8 Å². The average molecular weight is 290 g/mol. The summed E-state index contributed by atoms with van der Waals surface area (Å²) in [5.41, 5.74) is 4.61. The van der Waals surface area contributed by atoms with E-state index in [1.54, 1.807) is 0 Å². The van der Waals surface area contributed by atoms with E-state index in [-0.39, 0.29) is 5.69 Å². The Kier molecular flexibility index (Phi) is 5.28. The summed E-state index contributed by atoms with van der Waals surface area (Å²) in [6.45, 7) is 7.96. The van der Waals surface area contributed by atoms with E-state index in [0.29, 0.717) is 18.0 Å². The third-order valence-corrected chi connectivity index (χ3v) is 2.98. The van der Waals surface area contributed by atoms with Crippen molar-refractivity contribution in [2.24, 2.45) is 5.92 Å². The predicted octanol–water partition coefficient (Wildman–Crippen LogP) is 3.47. The maximum absolute atomic E-state index is 12.8. The third-order valence-electron chi connectivity index (χ3n) is 2.98. The number of nitrogens with two attached hydrogens (primary N) is 1. The van der Waals surface area contributed by atoms with Gasteiger partial charge in [0.05, 0.1) is 11.3 Å². The number of aromatic hydroxyl groups is 1. The molecule has 0 aromatic heterocycles. The van der Waals surface area contributed by atoms with E-state index < -0.39 is 17.5 Å². The molecule has 0 radical (unpaired) electrons. The third kappa shape index (κ3) is 4.30. The SMILES string of the molecule is CCN(Cc1cc(N)c(O)c(C(F)(F)F)c1)CC(C)C. The predicted molar refractivity (Wildman–Crippen MR) is 73.3 cm³/mol. The van der Waals surface area contributed by atoms with E-state index in [1.165, 1.54) is 6.07 Å². The molecule has 114 valence electrons. The minimum absolute atomic E-state index is 0.240. The highest BCUT2D eigenvalue weighted by Crippen LogP contribution is 2.39. The van der Waals surface area contributed by atoms with Gasteiger partial charge in [-0.05, 0) is 30.2 Å². The Balaban J connectivity index is 3.05. The first kappa shape index (κ1) is 16.6. The quantitative estimate of drug-likeness (QED) is 0.645. The zero-order valence-corrected chi connectivity index (χ0v) is 12.0. The number of alkyl halides is 3. The van der Waals surface area contributed by atoms with E-state index in [9.17, 15) is 18.3 Å². The van der Waals surface area contributed by atoms with Crippen molar-refractivity contribution >= 4 is 5.69 Å². The molecule has 1 rings (SSSR count). The molecule has 0 amide bonds. The van der Waals surface area contributed by atoms with Crippen molar-refractivity contribution in [3.63, 3.8) is 0 Å². The molecule has 0 aliphatic carbocycles. The monoisotopic (exact) mass is 290 g/mol. The van der Waals surface area contributed by atoms with Crippen LogP contribution in [0.25, 0.3) is 0 Å². The molecule has 0 unspecified atom stereocenters. The van der Waals surface area contributed by atoms with Crippen LogP contribution >= 0.6 is 0 Å².